The molecule has 1 fully saturated rings. The number of rotatable bonds is 5. The molecule has 146 valence electrons. The Morgan fingerprint density at radius 1 is 1.19 bits per heavy atom. The summed E-state index contributed by atoms with van der Waals surface area (Å²) in [6.07, 6.45) is 3.90. The van der Waals surface area contributed by atoms with Crippen LogP contribution in [0, 0.1) is 0 Å². The zero-order valence-electron chi connectivity index (χ0n) is 16.1. The van der Waals surface area contributed by atoms with Crippen molar-refractivity contribution in [2.75, 3.05) is 6.61 Å². The number of halogens is 1. The van der Waals surface area contributed by atoms with Gasteiger partial charge in [0.1, 0.15) is 6.10 Å². The fourth-order valence-electron chi connectivity index (χ4n) is 3.05. The van der Waals surface area contributed by atoms with Crippen molar-refractivity contribution in [2.24, 2.45) is 0 Å². The van der Waals surface area contributed by atoms with Crippen LogP contribution >= 0.6 is 22.6 Å². The van der Waals surface area contributed by atoms with Gasteiger partial charge in [-0.3, -0.25) is 4.79 Å². The van der Waals surface area contributed by atoms with E-state index in [9.17, 15) is 4.79 Å². The molecule has 0 aromatic heterocycles. The Morgan fingerprint density at radius 3 is 2.62 bits per heavy atom. The third kappa shape index (κ3) is 8.35. The maximum Gasteiger partial charge on any atom is 0.306 e. The molecule has 5 heteroatoms. The van der Waals surface area contributed by atoms with Crippen molar-refractivity contribution < 1.29 is 19.0 Å². The first-order valence-electron chi connectivity index (χ1n) is 9.46. The molecule has 1 heterocycles. The Hall–Kier alpha value is -0.660. The lowest BCUT2D eigenvalue weighted by atomic mass is 10.0. The van der Waals surface area contributed by atoms with Gasteiger partial charge < -0.3 is 14.2 Å². The molecule has 0 radical (unpaired) electrons. The summed E-state index contributed by atoms with van der Waals surface area (Å²) < 4.78 is 18.3. The van der Waals surface area contributed by atoms with Gasteiger partial charge in [0.15, 0.2) is 0 Å². The molecular weight excluding hydrogens is 443 g/mol. The second-order valence-electron chi connectivity index (χ2n) is 7.88. The Kier molecular flexibility index (Phi) is 8.84. The molecule has 2 rings (SSSR count). The lowest BCUT2D eigenvalue weighted by molar-refractivity contribution is -0.157. The van der Waals surface area contributed by atoms with Crippen LogP contribution in [-0.4, -0.2) is 34.3 Å². The zero-order valence-corrected chi connectivity index (χ0v) is 18.2. The molecule has 1 aromatic rings. The van der Waals surface area contributed by atoms with Gasteiger partial charge in [0.25, 0.3) is 0 Å². The van der Waals surface area contributed by atoms with Gasteiger partial charge in [-0.1, -0.05) is 59.3 Å². The molecule has 1 aliphatic heterocycles. The largest absolute Gasteiger partial charge is 0.460 e. The first-order chi connectivity index (χ1) is 12.3. The molecule has 0 spiro atoms. The Balaban J connectivity index is 1.99. The highest BCUT2D eigenvalue weighted by molar-refractivity contribution is 14.1. The van der Waals surface area contributed by atoms with E-state index in [1.165, 1.54) is 0 Å². The van der Waals surface area contributed by atoms with Crippen molar-refractivity contribution in [1.29, 1.82) is 0 Å². The second-order valence-corrected chi connectivity index (χ2v) is 9.48. The molecule has 1 saturated heterocycles. The van der Waals surface area contributed by atoms with E-state index in [0.717, 1.165) is 24.8 Å². The molecule has 0 unspecified atom stereocenters. The van der Waals surface area contributed by atoms with Gasteiger partial charge in [-0.2, -0.15) is 0 Å². The summed E-state index contributed by atoms with van der Waals surface area (Å²) in [5.41, 5.74) is 0.894. The van der Waals surface area contributed by atoms with Gasteiger partial charge in [0.2, 0.25) is 0 Å². The highest BCUT2D eigenvalue weighted by Crippen LogP contribution is 2.27. The highest BCUT2D eigenvalue weighted by Gasteiger charge is 2.30. The smallest absolute Gasteiger partial charge is 0.306 e. The monoisotopic (exact) mass is 474 g/mol. The Bertz CT molecular complexity index is 541. The number of esters is 1. The number of benzene rings is 1. The fraction of sp³-hybridized carbons (Fsp3) is 0.667. The van der Waals surface area contributed by atoms with Crippen LogP contribution in [0.25, 0.3) is 0 Å². The van der Waals surface area contributed by atoms with Gasteiger partial charge in [-0.25, -0.2) is 0 Å². The second kappa shape index (κ2) is 10.6. The van der Waals surface area contributed by atoms with Gasteiger partial charge in [0.05, 0.1) is 24.9 Å². The van der Waals surface area contributed by atoms with Gasteiger partial charge in [-0.05, 0) is 39.2 Å². The molecule has 0 N–H and O–H groups in total. The maximum absolute atomic E-state index is 12.1. The normalized spacial score (nSPS) is 25.5. The summed E-state index contributed by atoms with van der Waals surface area (Å²) in [7, 11) is 0. The van der Waals surface area contributed by atoms with Crippen molar-refractivity contribution >= 4 is 28.6 Å². The van der Waals surface area contributed by atoms with Crippen molar-refractivity contribution in [3.8, 4) is 0 Å². The number of ether oxygens (including phenoxy) is 3. The molecule has 0 aliphatic carbocycles. The number of carbonyl (C=O) groups excluding carboxylic acids is 1. The quantitative estimate of drug-likeness (QED) is 0.340. The molecule has 0 bridgehead atoms. The molecule has 26 heavy (non-hydrogen) atoms. The van der Waals surface area contributed by atoms with Crippen LogP contribution in [0.2, 0.25) is 0 Å². The first kappa shape index (κ1) is 21.6. The molecule has 0 amide bonds. The van der Waals surface area contributed by atoms with E-state index in [1.807, 2.05) is 30.3 Å². The minimum absolute atomic E-state index is 0.0480. The third-order valence-electron chi connectivity index (χ3n) is 4.23. The lowest BCUT2D eigenvalue weighted by Gasteiger charge is -2.33. The van der Waals surface area contributed by atoms with Crippen LogP contribution in [0.3, 0.4) is 0 Å². The van der Waals surface area contributed by atoms with Crippen LogP contribution < -0.4 is 0 Å². The number of hydrogen-bond acceptors (Lipinski definition) is 4. The average molecular weight is 474 g/mol. The zero-order chi connectivity index (χ0) is 19.0. The van der Waals surface area contributed by atoms with E-state index in [-0.39, 0.29) is 23.8 Å². The summed E-state index contributed by atoms with van der Waals surface area (Å²) in [6, 6.07) is 10.0. The number of hydrogen-bond donors (Lipinski definition) is 0. The molecule has 1 aliphatic rings. The SMILES string of the molecule is CC(C)(C)O[C@H]1C[C@@H](COCc2ccccc2)OC(=O)CCCC[C@H]1I. The van der Waals surface area contributed by atoms with E-state index in [0.29, 0.717) is 30.0 Å². The summed E-state index contributed by atoms with van der Waals surface area (Å²) in [5.74, 6) is -0.125. The number of carbonyl (C=O) groups is 1. The van der Waals surface area contributed by atoms with E-state index < -0.39 is 0 Å². The van der Waals surface area contributed by atoms with Crippen LogP contribution in [0.1, 0.15) is 58.4 Å². The van der Waals surface area contributed by atoms with Gasteiger partial charge in [-0.15, -0.1) is 0 Å². The Morgan fingerprint density at radius 2 is 1.92 bits per heavy atom. The van der Waals surface area contributed by atoms with Crippen LogP contribution in [0.4, 0.5) is 0 Å². The number of cyclic esters (lactones) is 1. The lowest BCUT2D eigenvalue weighted by Crippen LogP contribution is -2.39. The maximum atomic E-state index is 12.1. The molecule has 3 atom stereocenters. The van der Waals surface area contributed by atoms with Crippen LogP contribution in [0.5, 0.6) is 0 Å². The predicted octanol–water partition coefficient (Wildman–Crippen LogP) is 5.07. The van der Waals surface area contributed by atoms with Crippen molar-refractivity contribution in [2.45, 2.75) is 81.2 Å². The number of alkyl halides is 1. The minimum atomic E-state index is -0.270. The summed E-state index contributed by atoms with van der Waals surface area (Å²) in [6.45, 7) is 7.13. The van der Waals surface area contributed by atoms with Crippen LogP contribution in [-0.2, 0) is 25.6 Å². The van der Waals surface area contributed by atoms with Crippen molar-refractivity contribution in [1.82, 2.24) is 0 Å². The predicted molar refractivity (Wildman–Crippen MR) is 111 cm³/mol. The fourth-order valence-corrected chi connectivity index (χ4v) is 3.94. The van der Waals surface area contributed by atoms with Gasteiger partial charge in [0, 0.05) is 16.8 Å². The van der Waals surface area contributed by atoms with Gasteiger partial charge >= 0.3 is 5.97 Å². The van der Waals surface area contributed by atoms with Crippen LogP contribution in [0.15, 0.2) is 30.3 Å². The molecule has 1 aromatic carbocycles. The standard InChI is InChI=1S/C21H31IO4/c1-21(2,3)26-19-13-17(15-24-14-16-9-5-4-6-10-16)25-20(23)12-8-7-11-18(19)22/h4-6,9-10,17-19H,7-8,11-15H2,1-3H3/t17-,18+,19-/m0/s1. The van der Waals surface area contributed by atoms with Crippen molar-refractivity contribution in [3.05, 3.63) is 35.9 Å². The van der Waals surface area contributed by atoms with Crippen molar-refractivity contribution in [3.63, 3.8) is 0 Å². The summed E-state index contributed by atoms with van der Waals surface area (Å²) in [4.78, 5) is 12.1. The molecule has 4 nitrogen and oxygen atoms in total. The Labute approximate surface area is 171 Å². The highest BCUT2D eigenvalue weighted by atomic mass is 127. The molecule has 0 saturated carbocycles. The van der Waals surface area contributed by atoms with E-state index in [2.05, 4.69) is 43.4 Å². The minimum Gasteiger partial charge on any atom is -0.460 e. The first-order valence-corrected chi connectivity index (χ1v) is 10.7. The topological polar surface area (TPSA) is 44.8 Å². The van der Waals surface area contributed by atoms with E-state index in [1.54, 1.807) is 0 Å². The summed E-state index contributed by atoms with van der Waals surface area (Å²) in [5, 5.41) is 0. The summed E-state index contributed by atoms with van der Waals surface area (Å²) >= 11 is 2.49. The average Bonchev–Trinajstić information content (AvgIpc) is 2.57. The molecular formula is C21H31IO4. The third-order valence-corrected chi connectivity index (χ3v) is 5.65. The van der Waals surface area contributed by atoms with E-state index >= 15 is 0 Å². The van der Waals surface area contributed by atoms with E-state index in [4.69, 9.17) is 14.2 Å².